The zero-order valence-corrected chi connectivity index (χ0v) is 22.5. The second-order valence-electron chi connectivity index (χ2n) is 9.34. The summed E-state index contributed by atoms with van der Waals surface area (Å²) in [5.41, 5.74) is 3.11. The van der Waals surface area contributed by atoms with Crippen molar-refractivity contribution in [3.63, 3.8) is 0 Å². The van der Waals surface area contributed by atoms with Crippen molar-refractivity contribution < 1.29 is 19.1 Å². The molecule has 0 spiro atoms. The van der Waals surface area contributed by atoms with E-state index in [2.05, 4.69) is 11.1 Å². The van der Waals surface area contributed by atoms with Gasteiger partial charge in [-0.15, -0.1) is 11.6 Å². The van der Waals surface area contributed by atoms with Gasteiger partial charge in [0, 0.05) is 36.7 Å². The van der Waals surface area contributed by atoms with Crippen LogP contribution in [-0.2, 0) is 22.6 Å². The van der Waals surface area contributed by atoms with Crippen LogP contribution in [0.2, 0.25) is 0 Å². The minimum Gasteiger partial charge on any atom is -0.493 e. The van der Waals surface area contributed by atoms with Crippen molar-refractivity contribution in [2.75, 3.05) is 33.9 Å². The highest BCUT2D eigenvalue weighted by Crippen LogP contribution is 2.28. The van der Waals surface area contributed by atoms with Crippen LogP contribution in [0.5, 0.6) is 11.5 Å². The van der Waals surface area contributed by atoms with E-state index in [1.54, 1.807) is 30.9 Å². The molecule has 1 heterocycles. The summed E-state index contributed by atoms with van der Waals surface area (Å²) in [6, 6.07) is 13.7. The number of hydrogen-bond acceptors (Lipinski definition) is 4. The van der Waals surface area contributed by atoms with Crippen LogP contribution in [0.25, 0.3) is 10.9 Å². The summed E-state index contributed by atoms with van der Waals surface area (Å²) in [5.74, 6) is 1.08. The summed E-state index contributed by atoms with van der Waals surface area (Å²) in [4.78, 5) is 33.0. The number of carbonyl (C=O) groups is 2. The Morgan fingerprint density at radius 3 is 2.39 bits per heavy atom. The van der Waals surface area contributed by atoms with Gasteiger partial charge in [-0.05, 0) is 48.6 Å². The number of carbonyl (C=O) groups excluding carboxylic acids is 2. The van der Waals surface area contributed by atoms with Gasteiger partial charge in [-0.25, -0.2) is 0 Å². The maximum atomic E-state index is 13.6. The van der Waals surface area contributed by atoms with Crippen LogP contribution in [0.15, 0.2) is 48.7 Å². The number of halogens is 1. The molecule has 1 N–H and O–H groups in total. The van der Waals surface area contributed by atoms with E-state index in [9.17, 15) is 9.59 Å². The molecule has 3 aromatic rings. The first kappa shape index (κ1) is 27.4. The highest BCUT2D eigenvalue weighted by molar-refractivity contribution is 6.30. The number of hydrogen-bond donors (Lipinski definition) is 1. The van der Waals surface area contributed by atoms with Gasteiger partial charge in [-0.1, -0.05) is 38.1 Å². The Hall–Kier alpha value is -3.19. The zero-order chi connectivity index (χ0) is 26.2. The molecule has 7 nitrogen and oxygen atoms in total. The number of rotatable bonds is 12. The number of ether oxygens (including phenoxy) is 2. The molecular formula is C28H36ClN3O4. The Bertz CT molecular complexity index is 1170. The van der Waals surface area contributed by atoms with Gasteiger partial charge < -0.3 is 24.3 Å². The highest BCUT2D eigenvalue weighted by Gasteiger charge is 2.25. The lowest BCUT2D eigenvalue weighted by Gasteiger charge is -2.29. The summed E-state index contributed by atoms with van der Waals surface area (Å²) in [7, 11) is 3.18. The van der Waals surface area contributed by atoms with Crippen LogP contribution < -0.4 is 9.47 Å². The molecule has 2 amide bonds. The average Bonchev–Trinajstić information content (AvgIpc) is 3.28. The normalized spacial score (nSPS) is 12.0. The quantitative estimate of drug-likeness (QED) is 0.351. The Morgan fingerprint density at radius 2 is 1.72 bits per heavy atom. The van der Waals surface area contributed by atoms with Crippen molar-refractivity contribution in [2.24, 2.45) is 5.92 Å². The maximum absolute atomic E-state index is 13.6. The molecule has 36 heavy (non-hydrogen) atoms. The number of methoxy groups -OCH3 is 2. The average molecular weight is 514 g/mol. The lowest BCUT2D eigenvalue weighted by atomic mass is 10.1. The first-order valence-electron chi connectivity index (χ1n) is 12.2. The van der Waals surface area contributed by atoms with Crippen molar-refractivity contribution in [3.05, 3.63) is 59.8 Å². The van der Waals surface area contributed by atoms with Crippen LogP contribution in [-0.4, -0.2) is 65.8 Å². The Balaban J connectivity index is 1.85. The maximum Gasteiger partial charge on any atom is 0.242 e. The number of alkyl halides is 1. The third kappa shape index (κ3) is 6.94. The van der Waals surface area contributed by atoms with E-state index in [-0.39, 0.29) is 24.3 Å². The number of aromatic nitrogens is 1. The predicted molar refractivity (Wildman–Crippen MR) is 144 cm³/mol. The van der Waals surface area contributed by atoms with E-state index >= 15 is 0 Å². The molecule has 0 fully saturated rings. The van der Waals surface area contributed by atoms with Crippen molar-refractivity contribution >= 4 is 34.3 Å². The van der Waals surface area contributed by atoms with Gasteiger partial charge in [0.05, 0.1) is 20.8 Å². The summed E-state index contributed by atoms with van der Waals surface area (Å²) >= 11 is 6.10. The molecular weight excluding hydrogens is 478 g/mol. The standard InChI is InChI=1S/C28H36ClN3O4/c1-19(2)16-32(28(34)20(3)29)18-27(33)31(17-21-10-11-25(35-4)26(14-21)36-5)13-12-22-15-30-24-9-7-6-8-23(22)24/h6-11,14-15,19-20,30H,12-13,16-18H2,1-5H3. The molecule has 0 aliphatic rings. The highest BCUT2D eigenvalue weighted by atomic mass is 35.5. The second-order valence-corrected chi connectivity index (χ2v) is 10.00. The molecule has 0 bridgehead atoms. The molecule has 8 heteroatoms. The molecule has 0 saturated heterocycles. The van der Waals surface area contributed by atoms with E-state index < -0.39 is 5.38 Å². The van der Waals surface area contributed by atoms with Crippen LogP contribution in [0.4, 0.5) is 0 Å². The molecule has 1 aromatic heterocycles. The summed E-state index contributed by atoms with van der Waals surface area (Å²) in [5, 5.41) is 0.450. The minimum absolute atomic E-state index is 0.0186. The smallest absolute Gasteiger partial charge is 0.242 e. The van der Waals surface area contributed by atoms with Crippen molar-refractivity contribution in [3.8, 4) is 11.5 Å². The fourth-order valence-corrected chi connectivity index (χ4v) is 4.41. The molecule has 0 radical (unpaired) electrons. The summed E-state index contributed by atoms with van der Waals surface area (Å²) in [6.07, 6.45) is 2.67. The molecule has 0 aliphatic carbocycles. The van der Waals surface area contributed by atoms with Gasteiger partial charge in [0.25, 0.3) is 0 Å². The largest absolute Gasteiger partial charge is 0.493 e. The fourth-order valence-electron chi connectivity index (χ4n) is 4.27. The molecule has 0 saturated carbocycles. The third-order valence-electron chi connectivity index (χ3n) is 6.06. The second kappa shape index (κ2) is 12.7. The van der Waals surface area contributed by atoms with Gasteiger partial charge in [0.1, 0.15) is 5.38 Å². The summed E-state index contributed by atoms with van der Waals surface area (Å²) < 4.78 is 10.8. The number of H-pyrrole nitrogens is 1. The van der Waals surface area contributed by atoms with Gasteiger partial charge in [-0.2, -0.15) is 0 Å². The van der Waals surface area contributed by atoms with Crippen LogP contribution >= 0.6 is 11.6 Å². The van der Waals surface area contributed by atoms with E-state index in [1.165, 1.54) is 0 Å². The number of aromatic amines is 1. The first-order valence-corrected chi connectivity index (χ1v) is 12.6. The zero-order valence-electron chi connectivity index (χ0n) is 21.7. The van der Waals surface area contributed by atoms with Crippen molar-refractivity contribution in [1.82, 2.24) is 14.8 Å². The number of benzene rings is 2. The van der Waals surface area contributed by atoms with E-state index in [1.807, 2.05) is 56.4 Å². The van der Waals surface area contributed by atoms with E-state index in [4.69, 9.17) is 21.1 Å². The van der Waals surface area contributed by atoms with Gasteiger partial charge in [-0.3, -0.25) is 9.59 Å². The van der Waals surface area contributed by atoms with Crippen molar-refractivity contribution in [1.29, 1.82) is 0 Å². The molecule has 194 valence electrons. The SMILES string of the molecule is COc1ccc(CN(CCc2c[nH]c3ccccc23)C(=O)CN(CC(C)C)C(=O)C(C)Cl)cc1OC. The van der Waals surface area contributed by atoms with Gasteiger partial charge in [0.2, 0.25) is 11.8 Å². The molecule has 2 aromatic carbocycles. The topological polar surface area (TPSA) is 74.9 Å². The number of amides is 2. The predicted octanol–water partition coefficient (Wildman–Crippen LogP) is 4.87. The monoisotopic (exact) mass is 513 g/mol. The molecule has 0 aliphatic heterocycles. The lowest BCUT2D eigenvalue weighted by Crippen LogP contribution is -2.46. The Morgan fingerprint density at radius 1 is 1.00 bits per heavy atom. The van der Waals surface area contributed by atoms with Crippen LogP contribution in [0.1, 0.15) is 31.9 Å². The number of para-hydroxylation sites is 1. The lowest BCUT2D eigenvalue weighted by molar-refractivity contribution is -0.141. The Labute approximate surface area is 218 Å². The fraction of sp³-hybridized carbons (Fsp3) is 0.429. The number of nitrogens with zero attached hydrogens (tertiary/aromatic N) is 2. The van der Waals surface area contributed by atoms with E-state index in [0.29, 0.717) is 37.6 Å². The number of nitrogens with one attached hydrogen (secondary N) is 1. The van der Waals surface area contributed by atoms with Gasteiger partial charge in [0.15, 0.2) is 11.5 Å². The third-order valence-corrected chi connectivity index (χ3v) is 6.25. The van der Waals surface area contributed by atoms with Crippen LogP contribution in [0, 0.1) is 5.92 Å². The Kier molecular flexibility index (Phi) is 9.65. The first-order chi connectivity index (χ1) is 17.2. The molecule has 1 unspecified atom stereocenters. The van der Waals surface area contributed by atoms with Crippen LogP contribution in [0.3, 0.4) is 0 Å². The van der Waals surface area contributed by atoms with Gasteiger partial charge >= 0.3 is 0 Å². The minimum atomic E-state index is -0.693. The summed E-state index contributed by atoms with van der Waals surface area (Å²) in [6.45, 7) is 6.99. The van der Waals surface area contributed by atoms with Crippen molar-refractivity contribution in [2.45, 2.75) is 39.1 Å². The molecule has 3 rings (SSSR count). The molecule has 1 atom stereocenters. The van der Waals surface area contributed by atoms with E-state index in [0.717, 1.165) is 22.0 Å². The number of fused-ring (bicyclic) bond motifs is 1.